The van der Waals surface area contributed by atoms with Crippen LogP contribution in [0.2, 0.25) is 0 Å². The van der Waals surface area contributed by atoms with Crippen LogP contribution < -0.4 is 10.2 Å². The van der Waals surface area contributed by atoms with Gasteiger partial charge in [-0.05, 0) is 42.0 Å². The number of anilines is 1. The van der Waals surface area contributed by atoms with Crippen LogP contribution in [0.15, 0.2) is 84.0 Å². The summed E-state index contributed by atoms with van der Waals surface area (Å²) in [6.07, 6.45) is 4.02. The van der Waals surface area contributed by atoms with Gasteiger partial charge in [0.1, 0.15) is 5.65 Å². The molecule has 152 valence electrons. The van der Waals surface area contributed by atoms with Crippen LogP contribution in [0.25, 0.3) is 5.65 Å². The number of carbonyl (C=O) groups excluding carboxylic acids is 1. The molecule has 0 spiro atoms. The molecule has 0 bridgehead atoms. The third-order valence-corrected chi connectivity index (χ3v) is 5.93. The fraction of sp³-hybridized carbons (Fsp3) is 0.167. The maximum atomic E-state index is 12.8. The summed E-state index contributed by atoms with van der Waals surface area (Å²) in [5.41, 5.74) is 4.82. The van der Waals surface area contributed by atoms with Crippen molar-refractivity contribution in [3.8, 4) is 0 Å². The molecule has 2 heterocycles. The van der Waals surface area contributed by atoms with E-state index in [0.29, 0.717) is 17.9 Å². The van der Waals surface area contributed by atoms with Crippen LogP contribution in [0, 0.1) is 0 Å². The second-order valence-electron chi connectivity index (χ2n) is 7.23. The second-order valence-corrected chi connectivity index (χ2v) is 8.24. The number of nitrogens with one attached hydrogen (secondary N) is 1. The lowest BCUT2D eigenvalue weighted by atomic mass is 10.1. The van der Waals surface area contributed by atoms with Gasteiger partial charge in [-0.25, -0.2) is 4.98 Å². The summed E-state index contributed by atoms with van der Waals surface area (Å²) in [5.74, 6) is 0.641. The summed E-state index contributed by atoms with van der Waals surface area (Å²) in [4.78, 5) is 20.5. The molecule has 5 nitrogen and oxygen atoms in total. The van der Waals surface area contributed by atoms with E-state index in [4.69, 9.17) is 0 Å². The van der Waals surface area contributed by atoms with Gasteiger partial charge in [0.25, 0.3) is 5.91 Å². The number of thioether (sulfide) groups is 1. The molecule has 0 atom stereocenters. The molecule has 30 heavy (non-hydrogen) atoms. The number of hydrogen-bond donors (Lipinski definition) is 1. The van der Waals surface area contributed by atoms with Crippen LogP contribution in [0.1, 0.15) is 21.6 Å². The molecule has 0 aliphatic rings. The summed E-state index contributed by atoms with van der Waals surface area (Å²) >= 11 is 1.63. The highest BCUT2D eigenvalue weighted by molar-refractivity contribution is 7.98. The molecular formula is C24H24N4OS. The van der Waals surface area contributed by atoms with E-state index in [1.54, 1.807) is 11.8 Å². The van der Waals surface area contributed by atoms with Gasteiger partial charge in [-0.2, -0.15) is 0 Å². The average Bonchev–Trinajstić information content (AvgIpc) is 3.19. The van der Waals surface area contributed by atoms with Gasteiger partial charge in [-0.3, -0.25) is 4.79 Å². The second kappa shape index (κ2) is 9.05. The lowest BCUT2D eigenvalue weighted by Crippen LogP contribution is -2.23. The van der Waals surface area contributed by atoms with Gasteiger partial charge in [-0.15, -0.1) is 11.8 Å². The van der Waals surface area contributed by atoms with Crippen molar-refractivity contribution in [1.29, 1.82) is 0 Å². The first-order valence-corrected chi connectivity index (χ1v) is 10.8. The summed E-state index contributed by atoms with van der Waals surface area (Å²) < 4.78 is 2.01. The van der Waals surface area contributed by atoms with Gasteiger partial charge in [-0.1, -0.05) is 30.3 Å². The molecule has 4 aromatic rings. The number of nitrogens with zero attached hydrogens (tertiary/aromatic N) is 3. The third kappa shape index (κ3) is 4.66. The molecule has 6 heteroatoms. The molecule has 0 unspecified atom stereocenters. The predicted octanol–water partition coefficient (Wildman–Crippen LogP) is 4.62. The Morgan fingerprint density at radius 1 is 1.03 bits per heavy atom. The van der Waals surface area contributed by atoms with Crippen LogP contribution in [0.5, 0.6) is 0 Å². The monoisotopic (exact) mass is 416 g/mol. The van der Waals surface area contributed by atoms with Crippen LogP contribution in [-0.4, -0.2) is 29.4 Å². The highest BCUT2D eigenvalue weighted by Crippen LogP contribution is 2.26. The van der Waals surface area contributed by atoms with Gasteiger partial charge in [0, 0.05) is 49.4 Å². The first-order chi connectivity index (χ1) is 14.6. The number of hydrogen-bond acceptors (Lipinski definition) is 4. The van der Waals surface area contributed by atoms with E-state index in [0.717, 1.165) is 27.5 Å². The number of pyridine rings is 1. The number of amides is 1. The molecule has 0 fully saturated rings. The van der Waals surface area contributed by atoms with E-state index < -0.39 is 0 Å². The van der Waals surface area contributed by atoms with Crippen molar-refractivity contribution < 1.29 is 4.79 Å². The van der Waals surface area contributed by atoms with Crippen LogP contribution in [-0.2, 0) is 12.3 Å². The minimum atomic E-state index is -0.0650. The zero-order valence-electron chi connectivity index (χ0n) is 17.1. The molecule has 2 aromatic heterocycles. The fourth-order valence-corrected chi connectivity index (χ4v) is 4.11. The van der Waals surface area contributed by atoms with E-state index in [-0.39, 0.29) is 5.91 Å². The SMILES string of the molecule is CN(C)c1ccc(CNC(=O)c2ccccc2SCc2cn3ccccc3n2)cc1. The van der Waals surface area contributed by atoms with Crippen molar-refractivity contribution in [2.75, 3.05) is 19.0 Å². The lowest BCUT2D eigenvalue weighted by Gasteiger charge is -2.13. The molecular weight excluding hydrogens is 392 g/mol. The number of rotatable bonds is 7. The summed E-state index contributed by atoms with van der Waals surface area (Å²) in [7, 11) is 4.02. The lowest BCUT2D eigenvalue weighted by molar-refractivity contribution is 0.0948. The zero-order valence-corrected chi connectivity index (χ0v) is 17.9. The van der Waals surface area contributed by atoms with Crippen LogP contribution >= 0.6 is 11.8 Å². The van der Waals surface area contributed by atoms with Crippen LogP contribution in [0.4, 0.5) is 5.69 Å². The van der Waals surface area contributed by atoms with Gasteiger partial charge < -0.3 is 14.6 Å². The molecule has 0 saturated carbocycles. The van der Waals surface area contributed by atoms with Crippen molar-refractivity contribution in [2.24, 2.45) is 0 Å². The Morgan fingerprint density at radius 2 is 1.80 bits per heavy atom. The number of aromatic nitrogens is 2. The Labute approximate surface area is 180 Å². The zero-order chi connectivity index (χ0) is 20.9. The van der Waals surface area contributed by atoms with Gasteiger partial charge >= 0.3 is 0 Å². The summed E-state index contributed by atoms with van der Waals surface area (Å²) in [5, 5.41) is 3.04. The Bertz CT molecular complexity index is 1120. The maximum absolute atomic E-state index is 12.8. The van der Waals surface area contributed by atoms with E-state index in [9.17, 15) is 4.79 Å². The molecule has 2 aromatic carbocycles. The molecule has 0 aliphatic heterocycles. The molecule has 4 rings (SSSR count). The van der Waals surface area contributed by atoms with E-state index in [1.165, 1.54) is 0 Å². The Balaban J connectivity index is 1.41. The van der Waals surface area contributed by atoms with Crippen LogP contribution in [0.3, 0.4) is 0 Å². The van der Waals surface area contributed by atoms with E-state index in [1.807, 2.05) is 85.5 Å². The van der Waals surface area contributed by atoms with E-state index in [2.05, 4.69) is 27.3 Å². The quantitative estimate of drug-likeness (QED) is 0.447. The highest BCUT2D eigenvalue weighted by atomic mass is 32.2. The first kappa shape index (κ1) is 20.0. The fourth-order valence-electron chi connectivity index (χ4n) is 3.18. The van der Waals surface area contributed by atoms with Crippen molar-refractivity contribution in [3.05, 3.63) is 95.9 Å². The van der Waals surface area contributed by atoms with Gasteiger partial charge in [0.15, 0.2) is 0 Å². The number of benzene rings is 2. The largest absolute Gasteiger partial charge is 0.378 e. The predicted molar refractivity (Wildman–Crippen MR) is 123 cm³/mol. The first-order valence-electron chi connectivity index (χ1n) is 9.79. The minimum Gasteiger partial charge on any atom is -0.378 e. The van der Waals surface area contributed by atoms with E-state index >= 15 is 0 Å². The minimum absolute atomic E-state index is 0.0650. The molecule has 1 N–H and O–H groups in total. The highest BCUT2D eigenvalue weighted by Gasteiger charge is 2.12. The Kier molecular flexibility index (Phi) is 6.05. The normalized spacial score (nSPS) is 10.9. The molecule has 0 radical (unpaired) electrons. The smallest absolute Gasteiger partial charge is 0.252 e. The topological polar surface area (TPSA) is 49.6 Å². The Hall–Kier alpha value is -3.25. The molecule has 0 saturated heterocycles. The summed E-state index contributed by atoms with van der Waals surface area (Å²) in [6, 6.07) is 21.9. The summed E-state index contributed by atoms with van der Waals surface area (Å²) in [6.45, 7) is 0.498. The van der Waals surface area contributed by atoms with Gasteiger partial charge in [0.2, 0.25) is 0 Å². The van der Waals surface area contributed by atoms with Gasteiger partial charge in [0.05, 0.1) is 11.3 Å². The van der Waals surface area contributed by atoms with Crippen molar-refractivity contribution in [2.45, 2.75) is 17.2 Å². The average molecular weight is 417 g/mol. The molecule has 1 amide bonds. The number of fused-ring (bicyclic) bond motifs is 1. The number of carbonyl (C=O) groups is 1. The Morgan fingerprint density at radius 3 is 2.57 bits per heavy atom. The standard InChI is InChI=1S/C24H24N4OS/c1-27(2)20-12-10-18(11-13-20)15-25-24(29)21-7-3-4-8-22(21)30-17-19-16-28-14-6-5-9-23(28)26-19/h3-14,16H,15,17H2,1-2H3,(H,25,29). The van der Waals surface area contributed by atoms with Crippen molar-refractivity contribution >= 4 is 29.0 Å². The van der Waals surface area contributed by atoms with Crippen molar-refractivity contribution in [3.63, 3.8) is 0 Å². The maximum Gasteiger partial charge on any atom is 0.252 e. The molecule has 0 aliphatic carbocycles. The van der Waals surface area contributed by atoms with Crippen molar-refractivity contribution in [1.82, 2.24) is 14.7 Å². The number of imidazole rings is 1. The third-order valence-electron chi connectivity index (χ3n) is 4.83.